The molecule has 0 aliphatic rings. The van der Waals surface area contributed by atoms with E-state index in [2.05, 4.69) is 10.3 Å². The zero-order chi connectivity index (χ0) is 14.9. The number of anilines is 2. The highest BCUT2D eigenvalue weighted by Crippen LogP contribution is 2.24. The zero-order valence-electron chi connectivity index (χ0n) is 11.0. The summed E-state index contributed by atoms with van der Waals surface area (Å²) in [6, 6.07) is 5.09. The van der Waals surface area contributed by atoms with Crippen LogP contribution in [0.3, 0.4) is 0 Å². The molecular formula is C14H13F2N3S. The Balaban J connectivity index is 2.50. The highest BCUT2D eigenvalue weighted by Gasteiger charge is 2.13. The summed E-state index contributed by atoms with van der Waals surface area (Å²) in [6.07, 6.45) is 0. The van der Waals surface area contributed by atoms with Gasteiger partial charge in [0.05, 0.1) is 11.3 Å². The molecule has 0 bridgehead atoms. The Hall–Kier alpha value is -2.08. The number of aryl methyl sites for hydroxylation is 2. The number of halogens is 2. The molecular weight excluding hydrogens is 280 g/mol. The topological polar surface area (TPSA) is 50.9 Å². The second-order valence-corrected chi connectivity index (χ2v) is 4.86. The average molecular weight is 293 g/mol. The third-order valence-corrected chi connectivity index (χ3v) is 2.98. The number of hydrogen-bond acceptors (Lipinski definition) is 3. The Bertz CT molecular complexity index is 686. The molecule has 2 rings (SSSR count). The second kappa shape index (κ2) is 5.50. The summed E-state index contributed by atoms with van der Waals surface area (Å²) < 4.78 is 26.6. The predicted molar refractivity (Wildman–Crippen MR) is 79.2 cm³/mol. The molecule has 6 heteroatoms. The third kappa shape index (κ3) is 2.91. The molecule has 0 aliphatic heterocycles. The molecule has 1 aromatic heterocycles. The molecule has 3 nitrogen and oxygen atoms in total. The van der Waals surface area contributed by atoms with E-state index in [0.29, 0.717) is 11.4 Å². The molecule has 0 radical (unpaired) electrons. The average Bonchev–Trinajstić information content (AvgIpc) is 2.31. The first-order chi connectivity index (χ1) is 9.38. The van der Waals surface area contributed by atoms with Crippen molar-refractivity contribution in [2.45, 2.75) is 13.8 Å². The first-order valence-corrected chi connectivity index (χ1v) is 6.29. The van der Waals surface area contributed by atoms with Crippen molar-refractivity contribution in [2.24, 2.45) is 5.73 Å². The Kier molecular flexibility index (Phi) is 3.94. The lowest BCUT2D eigenvalue weighted by molar-refractivity contribution is 0.586. The van der Waals surface area contributed by atoms with Gasteiger partial charge in [0.1, 0.15) is 22.4 Å². The Labute approximate surface area is 120 Å². The van der Waals surface area contributed by atoms with E-state index in [1.807, 2.05) is 19.9 Å². The number of pyridine rings is 1. The van der Waals surface area contributed by atoms with Crippen molar-refractivity contribution in [3.05, 3.63) is 52.7 Å². The lowest BCUT2D eigenvalue weighted by Crippen LogP contribution is -2.15. The van der Waals surface area contributed by atoms with Gasteiger partial charge in [-0.05, 0) is 37.6 Å². The van der Waals surface area contributed by atoms with Gasteiger partial charge < -0.3 is 11.1 Å². The minimum Gasteiger partial charge on any atom is -0.389 e. The van der Waals surface area contributed by atoms with Crippen molar-refractivity contribution in [1.29, 1.82) is 0 Å². The van der Waals surface area contributed by atoms with Crippen LogP contribution < -0.4 is 11.1 Å². The van der Waals surface area contributed by atoms with Crippen molar-refractivity contribution in [3.8, 4) is 0 Å². The number of nitrogens with two attached hydrogens (primary N) is 1. The maximum absolute atomic E-state index is 13.7. The van der Waals surface area contributed by atoms with Gasteiger partial charge >= 0.3 is 0 Å². The zero-order valence-corrected chi connectivity index (χ0v) is 11.8. The molecule has 0 aliphatic carbocycles. The fourth-order valence-electron chi connectivity index (χ4n) is 1.96. The van der Waals surface area contributed by atoms with Crippen LogP contribution in [0.15, 0.2) is 24.3 Å². The minimum atomic E-state index is -0.708. The number of nitrogens with zero attached hydrogens (tertiary/aromatic N) is 1. The summed E-state index contributed by atoms with van der Waals surface area (Å²) in [5.41, 5.74) is 7.93. The van der Waals surface area contributed by atoms with Gasteiger partial charge in [-0.25, -0.2) is 13.8 Å². The molecule has 0 spiro atoms. The molecule has 1 heterocycles. The van der Waals surface area contributed by atoms with Gasteiger partial charge in [0.15, 0.2) is 0 Å². The van der Waals surface area contributed by atoms with E-state index in [0.717, 1.165) is 23.4 Å². The molecule has 0 fully saturated rings. The summed E-state index contributed by atoms with van der Waals surface area (Å²) in [4.78, 5) is 4.44. The number of nitrogens with one attached hydrogen (secondary N) is 1. The Morgan fingerprint density at radius 1 is 1.25 bits per heavy atom. The normalized spacial score (nSPS) is 10.4. The van der Waals surface area contributed by atoms with Crippen LogP contribution in [0.2, 0.25) is 0 Å². The van der Waals surface area contributed by atoms with Gasteiger partial charge in [0.2, 0.25) is 0 Å². The monoisotopic (exact) mass is 293 g/mol. The van der Waals surface area contributed by atoms with Crippen LogP contribution >= 0.6 is 12.2 Å². The Morgan fingerprint density at radius 2 is 1.95 bits per heavy atom. The quantitative estimate of drug-likeness (QED) is 0.852. The number of rotatable bonds is 3. The number of hydrogen-bond donors (Lipinski definition) is 2. The minimum absolute atomic E-state index is 0.112. The van der Waals surface area contributed by atoms with E-state index in [1.165, 1.54) is 6.07 Å². The molecule has 1 aromatic carbocycles. The van der Waals surface area contributed by atoms with Crippen molar-refractivity contribution in [3.63, 3.8) is 0 Å². The summed E-state index contributed by atoms with van der Waals surface area (Å²) >= 11 is 4.99. The first-order valence-electron chi connectivity index (χ1n) is 5.88. The first kappa shape index (κ1) is 14.3. The van der Waals surface area contributed by atoms with Crippen LogP contribution in [0, 0.1) is 25.5 Å². The lowest BCUT2D eigenvalue weighted by Gasteiger charge is -2.14. The summed E-state index contributed by atoms with van der Waals surface area (Å²) in [5, 5.41) is 2.81. The van der Waals surface area contributed by atoms with Crippen molar-refractivity contribution < 1.29 is 8.78 Å². The smallest absolute Gasteiger partial charge is 0.149 e. The molecule has 20 heavy (non-hydrogen) atoms. The molecule has 0 saturated heterocycles. The van der Waals surface area contributed by atoms with Crippen LogP contribution in [-0.4, -0.2) is 9.97 Å². The second-order valence-electron chi connectivity index (χ2n) is 4.42. The molecule has 2 aromatic rings. The van der Waals surface area contributed by atoms with Gasteiger partial charge in [-0.1, -0.05) is 12.2 Å². The van der Waals surface area contributed by atoms with Crippen molar-refractivity contribution >= 4 is 28.7 Å². The van der Waals surface area contributed by atoms with Crippen molar-refractivity contribution in [1.82, 2.24) is 4.98 Å². The van der Waals surface area contributed by atoms with Gasteiger partial charge in [-0.3, -0.25) is 0 Å². The largest absolute Gasteiger partial charge is 0.389 e. The Morgan fingerprint density at radius 3 is 2.55 bits per heavy atom. The maximum Gasteiger partial charge on any atom is 0.149 e. The molecule has 3 N–H and O–H groups in total. The fourth-order valence-corrected chi connectivity index (χ4v) is 2.21. The van der Waals surface area contributed by atoms with E-state index in [1.54, 1.807) is 0 Å². The van der Waals surface area contributed by atoms with E-state index >= 15 is 0 Å². The highest BCUT2D eigenvalue weighted by molar-refractivity contribution is 7.80. The SMILES string of the molecule is Cc1cc(C)c(C(N)=S)c(Nc2ccc(F)cc2F)n1. The number of thiocarbonyl (C=S) groups is 1. The van der Waals surface area contributed by atoms with Gasteiger partial charge in [-0.2, -0.15) is 0 Å². The van der Waals surface area contributed by atoms with Gasteiger partial charge in [0.25, 0.3) is 0 Å². The fraction of sp³-hybridized carbons (Fsp3) is 0.143. The van der Waals surface area contributed by atoms with Crippen molar-refractivity contribution in [2.75, 3.05) is 5.32 Å². The molecule has 0 unspecified atom stereocenters. The maximum atomic E-state index is 13.7. The van der Waals surface area contributed by atoms with Crippen LogP contribution in [0.1, 0.15) is 16.8 Å². The van der Waals surface area contributed by atoms with E-state index in [4.69, 9.17) is 18.0 Å². The summed E-state index contributed by atoms with van der Waals surface area (Å²) in [5.74, 6) is -0.989. The lowest BCUT2D eigenvalue weighted by atomic mass is 10.1. The van der Waals surface area contributed by atoms with Crippen LogP contribution in [0.25, 0.3) is 0 Å². The summed E-state index contributed by atoms with van der Waals surface area (Å²) in [6.45, 7) is 3.65. The van der Waals surface area contributed by atoms with Gasteiger partial charge in [-0.15, -0.1) is 0 Å². The van der Waals surface area contributed by atoms with E-state index < -0.39 is 11.6 Å². The number of aromatic nitrogens is 1. The third-order valence-electron chi connectivity index (χ3n) is 2.78. The van der Waals surface area contributed by atoms with Crippen LogP contribution in [0.4, 0.5) is 20.3 Å². The van der Waals surface area contributed by atoms with Crippen LogP contribution in [-0.2, 0) is 0 Å². The molecule has 0 atom stereocenters. The molecule has 0 amide bonds. The standard InChI is InChI=1S/C14H13F2N3S/c1-7-5-8(2)18-14(12(7)13(17)20)19-11-4-3-9(15)6-10(11)16/h3-6H,1-2H3,(H2,17,20)(H,18,19). The van der Waals surface area contributed by atoms with Gasteiger partial charge in [0, 0.05) is 11.8 Å². The van der Waals surface area contributed by atoms with Crippen LogP contribution in [0.5, 0.6) is 0 Å². The highest BCUT2D eigenvalue weighted by atomic mass is 32.1. The molecule has 104 valence electrons. The molecule has 0 saturated carbocycles. The predicted octanol–water partition coefficient (Wildman–Crippen LogP) is 3.35. The summed E-state index contributed by atoms with van der Waals surface area (Å²) in [7, 11) is 0. The van der Waals surface area contributed by atoms with E-state index in [-0.39, 0.29) is 10.7 Å². The van der Waals surface area contributed by atoms with E-state index in [9.17, 15) is 8.78 Å². The number of benzene rings is 1.